The monoisotopic (exact) mass is 560 g/mol. The van der Waals surface area contributed by atoms with E-state index in [-0.39, 0.29) is 23.2 Å². The quantitative estimate of drug-likeness (QED) is 0.210. The Kier molecular flexibility index (Phi) is 8.16. The zero-order valence-electron chi connectivity index (χ0n) is 22.6. The number of aromatic amines is 1. The third kappa shape index (κ3) is 6.17. The van der Waals surface area contributed by atoms with Crippen LogP contribution < -0.4 is 10.0 Å². The van der Waals surface area contributed by atoms with Crippen LogP contribution in [0.25, 0.3) is 22.6 Å². The molecule has 0 saturated heterocycles. The van der Waals surface area contributed by atoms with E-state index in [0.29, 0.717) is 22.4 Å². The van der Waals surface area contributed by atoms with Gasteiger partial charge in [-0.3, -0.25) is 4.79 Å². The highest BCUT2D eigenvalue weighted by atomic mass is 32.2. The number of halogens is 1. The molecule has 0 fully saturated rings. The first kappa shape index (κ1) is 27.8. The largest absolute Gasteiger partial charge is 0.355 e. The minimum atomic E-state index is -3.87. The van der Waals surface area contributed by atoms with Gasteiger partial charge in [0.1, 0.15) is 5.82 Å². The Morgan fingerprint density at radius 1 is 0.950 bits per heavy atom. The number of amides is 1. The highest BCUT2D eigenvalue weighted by Gasteiger charge is 2.27. The van der Waals surface area contributed by atoms with Crippen molar-refractivity contribution in [1.29, 1.82) is 0 Å². The van der Waals surface area contributed by atoms with Crippen molar-refractivity contribution in [3.63, 3.8) is 0 Å². The maximum absolute atomic E-state index is 13.2. The van der Waals surface area contributed by atoms with Crippen molar-refractivity contribution in [2.75, 3.05) is 25.0 Å². The molecule has 0 aliphatic carbocycles. The van der Waals surface area contributed by atoms with Crippen molar-refractivity contribution >= 4 is 44.2 Å². The molecule has 40 heavy (non-hydrogen) atoms. The van der Waals surface area contributed by atoms with Gasteiger partial charge in [0.25, 0.3) is 5.91 Å². The van der Waals surface area contributed by atoms with Crippen LogP contribution >= 0.6 is 0 Å². The molecule has 1 amide bonds. The topological polar surface area (TPSA) is 94.3 Å². The molecule has 0 radical (unpaired) electrons. The molecule has 0 bridgehead atoms. The number of aryl methyl sites for hydroxylation is 1. The number of hydrogen-bond acceptors (Lipinski definition) is 4. The zero-order valence-corrected chi connectivity index (χ0v) is 23.4. The van der Waals surface area contributed by atoms with Gasteiger partial charge in [0.2, 0.25) is 10.0 Å². The Morgan fingerprint density at radius 3 is 2.45 bits per heavy atom. The molecular weight excluding hydrogens is 527 g/mol. The smallest absolute Gasteiger partial charge is 0.256 e. The molecule has 1 aliphatic heterocycles. The van der Waals surface area contributed by atoms with Gasteiger partial charge in [-0.05, 0) is 98.2 Å². The summed E-state index contributed by atoms with van der Waals surface area (Å²) in [5, 5.41) is 3.88. The Bertz CT molecular complexity index is 1670. The maximum Gasteiger partial charge on any atom is 0.256 e. The number of carbonyl (C=O) groups is 1. The number of benzene rings is 3. The molecule has 2 heterocycles. The van der Waals surface area contributed by atoms with Crippen molar-refractivity contribution in [3.05, 3.63) is 94.9 Å². The average Bonchev–Trinajstić information content (AvgIpc) is 3.50. The minimum absolute atomic E-state index is 0.0199. The molecule has 0 spiro atoms. The summed E-state index contributed by atoms with van der Waals surface area (Å²) in [6.45, 7) is 7.57. The van der Waals surface area contributed by atoms with Gasteiger partial charge in [0, 0.05) is 34.4 Å². The number of nitrogens with one attached hydrogen (secondary N) is 3. The zero-order chi connectivity index (χ0) is 28.3. The second kappa shape index (κ2) is 11.8. The molecule has 5 rings (SSSR count). The molecule has 9 heteroatoms. The number of carbonyl (C=O) groups excluding carboxylic acids is 1. The van der Waals surface area contributed by atoms with E-state index >= 15 is 0 Å². The lowest BCUT2D eigenvalue weighted by Crippen LogP contribution is -2.24. The summed E-state index contributed by atoms with van der Waals surface area (Å²) < 4.78 is 41.7. The number of hydrogen-bond donors (Lipinski definition) is 3. The van der Waals surface area contributed by atoms with E-state index < -0.39 is 10.0 Å². The van der Waals surface area contributed by atoms with E-state index in [1.54, 1.807) is 12.1 Å². The summed E-state index contributed by atoms with van der Waals surface area (Å²) in [6.07, 6.45) is 3.84. The first-order chi connectivity index (χ1) is 19.3. The van der Waals surface area contributed by atoms with E-state index in [9.17, 15) is 17.6 Å². The Hall–Kier alpha value is -3.79. The first-order valence-electron chi connectivity index (χ1n) is 13.5. The van der Waals surface area contributed by atoms with Crippen LogP contribution in [0.4, 0.5) is 10.1 Å². The molecule has 4 aromatic rings. The van der Waals surface area contributed by atoms with Gasteiger partial charge >= 0.3 is 0 Å². The highest BCUT2D eigenvalue weighted by molar-refractivity contribution is 7.89. The molecule has 0 atom stereocenters. The number of H-pyrrole nitrogens is 1. The molecule has 3 aromatic carbocycles. The summed E-state index contributed by atoms with van der Waals surface area (Å²) in [5.74, 6) is -0.678. The van der Waals surface area contributed by atoms with E-state index in [2.05, 4.69) is 52.0 Å². The van der Waals surface area contributed by atoms with E-state index in [1.807, 2.05) is 6.07 Å². The van der Waals surface area contributed by atoms with E-state index in [1.165, 1.54) is 42.0 Å². The molecule has 0 saturated carbocycles. The van der Waals surface area contributed by atoms with Gasteiger partial charge < -0.3 is 15.2 Å². The lowest BCUT2D eigenvalue weighted by molar-refractivity contribution is -0.110. The second-order valence-corrected chi connectivity index (χ2v) is 11.7. The van der Waals surface area contributed by atoms with Crippen molar-refractivity contribution in [3.8, 4) is 0 Å². The number of anilines is 1. The number of rotatable bonds is 11. The predicted octanol–water partition coefficient (Wildman–Crippen LogP) is 5.55. The van der Waals surface area contributed by atoms with Crippen LogP contribution in [0.2, 0.25) is 0 Å². The van der Waals surface area contributed by atoms with Crippen molar-refractivity contribution in [1.82, 2.24) is 14.6 Å². The van der Waals surface area contributed by atoms with Gasteiger partial charge in [-0.25, -0.2) is 17.5 Å². The van der Waals surface area contributed by atoms with Crippen LogP contribution in [0.3, 0.4) is 0 Å². The normalized spacial score (nSPS) is 14.3. The predicted molar refractivity (Wildman–Crippen MR) is 158 cm³/mol. The Balaban J connectivity index is 1.35. The summed E-state index contributed by atoms with van der Waals surface area (Å²) in [5.41, 5.74) is 5.09. The Morgan fingerprint density at radius 2 is 1.70 bits per heavy atom. The van der Waals surface area contributed by atoms with E-state index in [0.717, 1.165) is 49.1 Å². The van der Waals surface area contributed by atoms with Crippen LogP contribution in [0.5, 0.6) is 0 Å². The first-order valence-corrected chi connectivity index (χ1v) is 15.0. The summed E-state index contributed by atoms with van der Waals surface area (Å²) >= 11 is 0. The highest BCUT2D eigenvalue weighted by Crippen LogP contribution is 2.35. The molecule has 3 N–H and O–H groups in total. The van der Waals surface area contributed by atoms with Crippen LogP contribution in [0, 0.1) is 5.82 Å². The van der Waals surface area contributed by atoms with Gasteiger partial charge in [0.05, 0.1) is 10.5 Å². The number of fused-ring (bicyclic) bond motifs is 2. The SMILES string of the molecule is CCN(CC)CCCc1ccc2[nH]c(C=C3C(=O)Nc4ccc(S(=O)(=O)NCc5ccc(F)cc5)cc43)cc2c1. The van der Waals surface area contributed by atoms with Crippen LogP contribution in [0.15, 0.2) is 71.6 Å². The molecule has 7 nitrogen and oxygen atoms in total. The van der Waals surface area contributed by atoms with E-state index in [4.69, 9.17) is 0 Å². The van der Waals surface area contributed by atoms with Crippen LogP contribution in [0.1, 0.15) is 42.7 Å². The molecular formula is C31H33FN4O3S. The standard InChI is InChI=1S/C31H33FN4O3S/c1-3-36(4-2)15-5-6-21-9-13-29-23(16-21)17-25(34-29)18-28-27-19-26(12-14-30(27)35-31(28)37)40(38,39)33-20-22-7-10-24(32)11-8-22/h7-14,16-19,33-34H,3-6,15,20H2,1-2H3,(H,35,37). The number of nitrogens with zero attached hydrogens (tertiary/aromatic N) is 1. The maximum atomic E-state index is 13.2. The van der Waals surface area contributed by atoms with Crippen LogP contribution in [-0.2, 0) is 27.8 Å². The number of sulfonamides is 1. The summed E-state index contributed by atoms with van der Waals surface area (Å²) in [4.78, 5) is 18.7. The third-order valence-electron chi connectivity index (χ3n) is 7.30. The lowest BCUT2D eigenvalue weighted by atomic mass is 10.1. The van der Waals surface area contributed by atoms with Crippen LogP contribution in [-0.4, -0.2) is 43.8 Å². The molecule has 0 unspecified atom stereocenters. The molecule has 1 aliphatic rings. The molecule has 1 aromatic heterocycles. The summed E-state index contributed by atoms with van der Waals surface area (Å²) in [7, 11) is -3.87. The lowest BCUT2D eigenvalue weighted by Gasteiger charge is -2.17. The average molecular weight is 561 g/mol. The minimum Gasteiger partial charge on any atom is -0.355 e. The van der Waals surface area contributed by atoms with Gasteiger partial charge in [0.15, 0.2) is 0 Å². The summed E-state index contributed by atoms with van der Waals surface area (Å²) in [6, 6.07) is 18.5. The third-order valence-corrected chi connectivity index (χ3v) is 8.70. The fourth-order valence-electron chi connectivity index (χ4n) is 4.98. The van der Waals surface area contributed by atoms with Crippen molar-refractivity contribution < 1.29 is 17.6 Å². The van der Waals surface area contributed by atoms with Gasteiger partial charge in [-0.15, -0.1) is 0 Å². The fourth-order valence-corrected chi connectivity index (χ4v) is 6.03. The Labute approximate surface area is 234 Å². The molecule has 208 valence electrons. The second-order valence-electron chi connectivity index (χ2n) is 9.95. The van der Waals surface area contributed by atoms with Crippen molar-refractivity contribution in [2.45, 2.75) is 38.1 Å². The van der Waals surface area contributed by atoms with Crippen molar-refractivity contribution in [2.24, 2.45) is 0 Å². The van der Waals surface area contributed by atoms with Gasteiger partial charge in [-0.2, -0.15) is 0 Å². The van der Waals surface area contributed by atoms with Gasteiger partial charge in [-0.1, -0.05) is 32.0 Å². The number of aromatic nitrogens is 1. The fraction of sp³-hybridized carbons (Fsp3) is 0.258.